The van der Waals surface area contributed by atoms with E-state index in [1.807, 2.05) is 25.1 Å². The number of aryl methyl sites for hydroxylation is 2. The topological polar surface area (TPSA) is 43.9 Å². The second-order valence-electron chi connectivity index (χ2n) is 7.81. The van der Waals surface area contributed by atoms with Crippen LogP contribution in [0.5, 0.6) is 0 Å². The van der Waals surface area contributed by atoms with Gasteiger partial charge in [0.1, 0.15) is 11.4 Å². The number of nitrogens with zero attached hydrogens (tertiary/aromatic N) is 3. The van der Waals surface area contributed by atoms with E-state index in [1.54, 1.807) is 0 Å². The molecule has 3 heterocycles. The lowest BCUT2D eigenvalue weighted by Gasteiger charge is -2.09. The van der Waals surface area contributed by atoms with Crippen LogP contribution < -0.4 is 0 Å². The van der Waals surface area contributed by atoms with Gasteiger partial charge in [-0.25, -0.2) is 9.97 Å². The minimum absolute atomic E-state index is 0.666. The number of furan rings is 1. The van der Waals surface area contributed by atoms with E-state index in [-0.39, 0.29) is 0 Å². The number of rotatable bonds is 3. The molecule has 3 aromatic carbocycles. The van der Waals surface area contributed by atoms with Crippen molar-refractivity contribution in [3.8, 4) is 22.5 Å². The Balaban J connectivity index is 1.74. The monoisotopic (exact) mass is 403 g/mol. The summed E-state index contributed by atoms with van der Waals surface area (Å²) in [5.41, 5.74) is 7.85. The van der Waals surface area contributed by atoms with Gasteiger partial charge >= 0.3 is 0 Å². The van der Waals surface area contributed by atoms with Crippen molar-refractivity contribution in [3.05, 3.63) is 84.6 Å². The summed E-state index contributed by atoms with van der Waals surface area (Å²) in [6.07, 6.45) is 0. The third-order valence-corrected chi connectivity index (χ3v) is 5.92. The molecule has 0 spiro atoms. The first-order chi connectivity index (χ1) is 15.2. The first-order valence-electron chi connectivity index (χ1n) is 10.6. The minimum atomic E-state index is 0.666. The summed E-state index contributed by atoms with van der Waals surface area (Å²) >= 11 is 0. The Morgan fingerprint density at radius 1 is 0.806 bits per heavy atom. The van der Waals surface area contributed by atoms with Crippen molar-refractivity contribution in [2.45, 2.75) is 20.4 Å². The fraction of sp³-hybridized carbons (Fsp3) is 0.111. The van der Waals surface area contributed by atoms with Crippen LogP contribution in [-0.4, -0.2) is 14.5 Å². The number of pyridine rings is 1. The molecule has 0 fully saturated rings. The van der Waals surface area contributed by atoms with Gasteiger partial charge in [0.05, 0.1) is 16.6 Å². The Labute approximate surface area is 179 Å². The number of fused-ring (bicyclic) bond motifs is 4. The molecule has 3 aromatic heterocycles. The maximum absolute atomic E-state index is 6.41. The number of hydrogen-bond donors (Lipinski definition) is 0. The molecule has 6 rings (SSSR count). The van der Waals surface area contributed by atoms with Crippen LogP contribution in [0.15, 0.2) is 83.3 Å². The molecule has 4 nitrogen and oxygen atoms in total. The molecule has 31 heavy (non-hydrogen) atoms. The Kier molecular flexibility index (Phi) is 3.93. The van der Waals surface area contributed by atoms with E-state index in [1.165, 1.54) is 0 Å². The van der Waals surface area contributed by atoms with Gasteiger partial charge in [-0.05, 0) is 55.3 Å². The van der Waals surface area contributed by atoms with Gasteiger partial charge < -0.3 is 8.98 Å². The van der Waals surface area contributed by atoms with Gasteiger partial charge in [0, 0.05) is 23.0 Å². The van der Waals surface area contributed by atoms with Crippen LogP contribution in [0, 0.1) is 6.92 Å². The summed E-state index contributed by atoms with van der Waals surface area (Å²) in [5.74, 6) is 0.920. The lowest BCUT2D eigenvalue weighted by molar-refractivity contribution is 0.652. The Hall–Kier alpha value is -3.92. The third kappa shape index (κ3) is 2.68. The van der Waals surface area contributed by atoms with Crippen LogP contribution in [0.3, 0.4) is 0 Å². The molecule has 0 bridgehead atoms. The fourth-order valence-corrected chi connectivity index (χ4v) is 4.49. The average molecular weight is 403 g/mol. The van der Waals surface area contributed by atoms with Gasteiger partial charge in [-0.2, -0.15) is 0 Å². The minimum Gasteiger partial charge on any atom is -0.437 e. The smallest absolute Gasteiger partial charge is 0.227 e. The van der Waals surface area contributed by atoms with Crippen molar-refractivity contribution in [2.75, 3.05) is 0 Å². The van der Waals surface area contributed by atoms with Gasteiger partial charge in [-0.3, -0.25) is 0 Å². The van der Waals surface area contributed by atoms with E-state index in [9.17, 15) is 0 Å². The lowest BCUT2D eigenvalue weighted by atomic mass is 9.97. The van der Waals surface area contributed by atoms with E-state index >= 15 is 0 Å². The molecule has 4 heteroatoms. The summed E-state index contributed by atoms with van der Waals surface area (Å²) in [6, 6.07) is 27.2. The Bertz CT molecular complexity index is 1570. The predicted octanol–water partition coefficient (Wildman–Crippen LogP) is 6.99. The van der Waals surface area contributed by atoms with Gasteiger partial charge in [0.2, 0.25) is 5.71 Å². The molecule has 0 unspecified atom stereocenters. The summed E-state index contributed by atoms with van der Waals surface area (Å²) in [4.78, 5) is 9.65. The maximum Gasteiger partial charge on any atom is 0.227 e. The van der Waals surface area contributed by atoms with Crippen LogP contribution in [0.2, 0.25) is 0 Å². The van der Waals surface area contributed by atoms with E-state index in [0.29, 0.717) is 5.71 Å². The van der Waals surface area contributed by atoms with Crippen LogP contribution in [0.1, 0.15) is 12.6 Å². The van der Waals surface area contributed by atoms with Crippen LogP contribution >= 0.6 is 0 Å². The van der Waals surface area contributed by atoms with Crippen molar-refractivity contribution in [1.29, 1.82) is 0 Å². The van der Waals surface area contributed by atoms with E-state index in [2.05, 4.69) is 77.1 Å². The average Bonchev–Trinajstić information content (AvgIpc) is 3.37. The number of benzene rings is 3. The molecule has 0 atom stereocenters. The van der Waals surface area contributed by atoms with E-state index in [4.69, 9.17) is 9.40 Å². The molecule has 0 aliphatic heterocycles. The van der Waals surface area contributed by atoms with Crippen molar-refractivity contribution in [1.82, 2.24) is 14.5 Å². The molecule has 6 aromatic rings. The molecule has 0 saturated heterocycles. The van der Waals surface area contributed by atoms with Crippen molar-refractivity contribution in [2.24, 2.45) is 0 Å². The maximum atomic E-state index is 6.41. The molecule has 0 saturated carbocycles. The van der Waals surface area contributed by atoms with Crippen LogP contribution in [0.25, 0.3) is 55.6 Å². The predicted molar refractivity (Wildman–Crippen MR) is 126 cm³/mol. The standard InChI is InChI=1S/C27H21N3O/c1-3-30-23-12-8-7-11-22(23)29-26(30)21-16-15-19(18-9-5-4-6-10-18)24-20-14-13-17(2)28-27(20)31-25(21)24/h4-16H,3H2,1-2H3. The lowest BCUT2D eigenvalue weighted by Crippen LogP contribution is -1.98. The summed E-state index contributed by atoms with van der Waals surface area (Å²) in [6.45, 7) is 4.97. The highest BCUT2D eigenvalue weighted by atomic mass is 16.3. The first kappa shape index (κ1) is 17.9. The third-order valence-electron chi connectivity index (χ3n) is 5.92. The zero-order chi connectivity index (χ0) is 20.9. The molecule has 0 aliphatic carbocycles. The number of para-hydroxylation sites is 2. The second kappa shape index (κ2) is 6.81. The quantitative estimate of drug-likeness (QED) is 0.320. The zero-order valence-electron chi connectivity index (χ0n) is 17.5. The SMILES string of the molecule is CCn1c(-c2ccc(-c3ccccc3)c3c2oc2nc(C)ccc23)nc2ccccc21. The zero-order valence-corrected chi connectivity index (χ0v) is 17.5. The number of aromatic nitrogens is 3. The molecular weight excluding hydrogens is 382 g/mol. The molecule has 0 radical (unpaired) electrons. The summed E-state index contributed by atoms with van der Waals surface area (Å²) < 4.78 is 8.66. The Morgan fingerprint density at radius 3 is 2.42 bits per heavy atom. The van der Waals surface area contributed by atoms with Crippen molar-refractivity contribution >= 4 is 33.1 Å². The second-order valence-corrected chi connectivity index (χ2v) is 7.81. The molecular formula is C27H21N3O. The van der Waals surface area contributed by atoms with Crippen molar-refractivity contribution in [3.63, 3.8) is 0 Å². The van der Waals surface area contributed by atoms with Gasteiger partial charge in [0.15, 0.2) is 0 Å². The van der Waals surface area contributed by atoms with E-state index in [0.717, 1.165) is 62.1 Å². The summed E-state index contributed by atoms with van der Waals surface area (Å²) in [5, 5.41) is 2.11. The first-order valence-corrected chi connectivity index (χ1v) is 10.6. The van der Waals surface area contributed by atoms with Crippen LogP contribution in [-0.2, 0) is 6.54 Å². The van der Waals surface area contributed by atoms with Crippen LogP contribution in [0.4, 0.5) is 0 Å². The largest absolute Gasteiger partial charge is 0.437 e. The highest BCUT2D eigenvalue weighted by Gasteiger charge is 2.21. The molecule has 0 aliphatic rings. The molecule has 0 N–H and O–H groups in total. The summed E-state index contributed by atoms with van der Waals surface area (Å²) in [7, 11) is 0. The molecule has 150 valence electrons. The highest BCUT2D eigenvalue weighted by molar-refractivity contribution is 6.15. The van der Waals surface area contributed by atoms with E-state index < -0.39 is 0 Å². The normalized spacial score (nSPS) is 11.7. The fourth-order valence-electron chi connectivity index (χ4n) is 4.49. The number of hydrogen-bond acceptors (Lipinski definition) is 3. The molecule has 0 amide bonds. The highest BCUT2D eigenvalue weighted by Crippen LogP contribution is 2.41. The van der Waals surface area contributed by atoms with Gasteiger partial charge in [-0.1, -0.05) is 48.5 Å². The van der Waals surface area contributed by atoms with Gasteiger partial charge in [-0.15, -0.1) is 0 Å². The number of imidazole rings is 1. The Morgan fingerprint density at radius 2 is 1.58 bits per heavy atom. The van der Waals surface area contributed by atoms with Crippen molar-refractivity contribution < 1.29 is 4.42 Å². The van der Waals surface area contributed by atoms with Gasteiger partial charge in [0.25, 0.3) is 0 Å².